The van der Waals surface area contributed by atoms with E-state index in [0.29, 0.717) is 0 Å². The van der Waals surface area contributed by atoms with Crippen LogP contribution in [0.1, 0.15) is 92.9 Å². The maximum absolute atomic E-state index is 11.7. The lowest BCUT2D eigenvalue weighted by atomic mass is 9.84. The summed E-state index contributed by atoms with van der Waals surface area (Å²) < 4.78 is 19.9. The van der Waals surface area contributed by atoms with E-state index in [-0.39, 0.29) is 35.9 Å². The summed E-state index contributed by atoms with van der Waals surface area (Å²) in [6.45, 7) is 10.9. The Morgan fingerprint density at radius 2 is 0.889 bits per heavy atom. The van der Waals surface area contributed by atoms with Gasteiger partial charge in [-0.1, -0.05) is 25.7 Å². The fourth-order valence-electron chi connectivity index (χ4n) is 4.39. The molecule has 2 aliphatic carbocycles. The van der Waals surface area contributed by atoms with Gasteiger partial charge >= 0.3 is 24.1 Å². The van der Waals surface area contributed by atoms with Crippen LogP contribution in [0.2, 0.25) is 0 Å². The number of hydrogen-bond donors (Lipinski definition) is 2. The molecular weight excluding hydrogens is 468 g/mol. The molecule has 2 fully saturated rings. The molecule has 0 spiro atoms. The quantitative estimate of drug-likeness (QED) is 0.415. The van der Waals surface area contributed by atoms with Crippen LogP contribution in [0.25, 0.3) is 0 Å². The average molecular weight is 515 g/mol. The number of ether oxygens (including phenoxy) is 4. The maximum atomic E-state index is 11.7. The smallest absolute Gasteiger partial charge is 0.407 e. The Kier molecular flexibility index (Phi) is 12.5. The summed E-state index contributed by atoms with van der Waals surface area (Å²) in [5.74, 6) is -1.01. The van der Waals surface area contributed by atoms with Crippen LogP contribution in [0.3, 0.4) is 0 Å². The Bertz CT molecular complexity index is 679. The molecule has 0 aliphatic heterocycles. The van der Waals surface area contributed by atoms with Crippen molar-refractivity contribution >= 4 is 24.1 Å². The zero-order valence-corrected chi connectivity index (χ0v) is 23.2. The van der Waals surface area contributed by atoms with E-state index in [9.17, 15) is 19.2 Å². The van der Waals surface area contributed by atoms with Gasteiger partial charge in [0, 0.05) is 12.1 Å². The lowest BCUT2D eigenvalue weighted by Crippen LogP contribution is -2.47. The summed E-state index contributed by atoms with van der Waals surface area (Å²) >= 11 is 0. The van der Waals surface area contributed by atoms with Crippen molar-refractivity contribution in [1.29, 1.82) is 0 Å². The van der Waals surface area contributed by atoms with Gasteiger partial charge in [0.25, 0.3) is 0 Å². The van der Waals surface area contributed by atoms with Crippen LogP contribution in [0, 0.1) is 11.8 Å². The molecular formula is C26H46N2O8. The molecule has 2 aliphatic rings. The number of methoxy groups -OCH3 is 2. The molecule has 0 saturated heterocycles. The van der Waals surface area contributed by atoms with E-state index in [1.165, 1.54) is 14.2 Å². The first-order chi connectivity index (χ1) is 16.7. The Labute approximate surface area is 215 Å². The number of esters is 2. The number of carbonyl (C=O) groups excluding carboxylic acids is 4. The highest BCUT2D eigenvalue weighted by atomic mass is 16.6. The second-order valence-corrected chi connectivity index (χ2v) is 11.3. The first-order valence-electron chi connectivity index (χ1n) is 12.8. The molecule has 2 rings (SSSR count). The van der Waals surface area contributed by atoms with Crippen molar-refractivity contribution < 1.29 is 38.1 Å². The van der Waals surface area contributed by atoms with Gasteiger partial charge in [-0.25, -0.2) is 9.59 Å². The van der Waals surface area contributed by atoms with Crippen LogP contribution in [0.15, 0.2) is 0 Å². The van der Waals surface area contributed by atoms with Crippen molar-refractivity contribution in [2.75, 3.05) is 14.2 Å². The van der Waals surface area contributed by atoms with E-state index < -0.39 is 23.4 Å². The Hall–Kier alpha value is -2.52. The second kappa shape index (κ2) is 14.3. The Balaban J connectivity index is 0.000000360. The highest BCUT2D eigenvalue weighted by Gasteiger charge is 2.35. The molecule has 208 valence electrons. The third-order valence-electron chi connectivity index (χ3n) is 5.94. The summed E-state index contributed by atoms with van der Waals surface area (Å²) in [6, 6.07) is -0.359. The number of alkyl carbamates (subject to hydrolysis) is 2. The topological polar surface area (TPSA) is 129 Å². The minimum Gasteiger partial charge on any atom is -0.469 e. The van der Waals surface area contributed by atoms with Crippen LogP contribution in [-0.4, -0.2) is 61.6 Å². The molecule has 0 aromatic heterocycles. The van der Waals surface area contributed by atoms with E-state index >= 15 is 0 Å². The number of hydrogen-bond acceptors (Lipinski definition) is 8. The van der Waals surface area contributed by atoms with Crippen molar-refractivity contribution in [3.63, 3.8) is 0 Å². The Morgan fingerprint density at radius 3 is 1.17 bits per heavy atom. The minimum atomic E-state index is -0.528. The molecule has 2 N–H and O–H groups in total. The number of amides is 2. The van der Waals surface area contributed by atoms with Crippen molar-refractivity contribution in [2.24, 2.45) is 11.8 Å². The monoisotopic (exact) mass is 514 g/mol. The lowest BCUT2D eigenvalue weighted by Gasteiger charge is -2.31. The molecule has 0 aromatic rings. The first-order valence-corrected chi connectivity index (χ1v) is 12.8. The number of carbonyl (C=O) groups is 4. The maximum Gasteiger partial charge on any atom is 0.407 e. The first kappa shape index (κ1) is 31.5. The van der Waals surface area contributed by atoms with Crippen LogP contribution >= 0.6 is 0 Å². The van der Waals surface area contributed by atoms with Crippen molar-refractivity contribution in [2.45, 2.75) is 116 Å². The zero-order valence-electron chi connectivity index (χ0n) is 23.2. The fraction of sp³-hybridized carbons (Fsp3) is 0.846. The summed E-state index contributed by atoms with van der Waals surface area (Å²) in [6.07, 6.45) is 6.16. The van der Waals surface area contributed by atoms with Crippen molar-refractivity contribution in [3.05, 3.63) is 0 Å². The third-order valence-corrected chi connectivity index (χ3v) is 5.94. The van der Waals surface area contributed by atoms with Gasteiger partial charge in [-0.3, -0.25) is 9.59 Å². The van der Waals surface area contributed by atoms with Crippen LogP contribution in [-0.2, 0) is 28.5 Å². The largest absolute Gasteiger partial charge is 0.469 e. The van der Waals surface area contributed by atoms with E-state index in [1.54, 1.807) is 0 Å². The molecule has 10 heteroatoms. The van der Waals surface area contributed by atoms with Crippen LogP contribution in [0.4, 0.5) is 9.59 Å². The summed E-state index contributed by atoms with van der Waals surface area (Å²) in [5.41, 5.74) is -1.06. The molecule has 0 radical (unpaired) electrons. The normalized spacial score (nSPS) is 24.2. The third kappa shape index (κ3) is 11.9. The van der Waals surface area contributed by atoms with Gasteiger partial charge in [-0.05, 0) is 67.2 Å². The Morgan fingerprint density at radius 1 is 0.583 bits per heavy atom. The van der Waals surface area contributed by atoms with E-state index in [2.05, 4.69) is 10.6 Å². The number of rotatable bonds is 4. The van der Waals surface area contributed by atoms with Gasteiger partial charge in [0.1, 0.15) is 11.2 Å². The molecule has 0 unspecified atom stereocenters. The fourth-order valence-corrected chi connectivity index (χ4v) is 4.39. The molecule has 36 heavy (non-hydrogen) atoms. The molecule has 2 saturated carbocycles. The molecule has 2 amide bonds. The molecule has 4 atom stereocenters. The average Bonchev–Trinajstić information content (AvgIpc) is 2.76. The molecule has 0 bridgehead atoms. The molecule has 0 heterocycles. The summed E-state index contributed by atoms with van der Waals surface area (Å²) in [4.78, 5) is 46.7. The second-order valence-electron chi connectivity index (χ2n) is 11.3. The summed E-state index contributed by atoms with van der Waals surface area (Å²) in [5, 5.41) is 5.56. The van der Waals surface area contributed by atoms with Crippen LogP contribution < -0.4 is 10.6 Å². The van der Waals surface area contributed by atoms with Gasteiger partial charge in [-0.15, -0.1) is 0 Å². The highest BCUT2D eigenvalue weighted by Crippen LogP contribution is 2.27. The van der Waals surface area contributed by atoms with Gasteiger partial charge in [0.15, 0.2) is 0 Å². The molecule has 10 nitrogen and oxygen atoms in total. The highest BCUT2D eigenvalue weighted by molar-refractivity contribution is 5.76. The number of nitrogens with one attached hydrogen (secondary N) is 2. The predicted octanol–water partition coefficient (Wildman–Crippen LogP) is 4.49. The SMILES string of the molecule is COC(=O)[C@@H]1CCCC[C@@H]1NC(=O)OC(C)(C)C.COC(=O)[C@H]1CCCC[C@H]1NC(=O)OC(C)(C)C. The van der Waals surface area contributed by atoms with Gasteiger partial charge in [0.2, 0.25) is 0 Å². The standard InChI is InChI=1S/2C13H23NO4/c2*1-13(2,3)18-12(16)14-10-8-6-5-7-9(10)11(15)17-4/h2*9-10H,5-8H2,1-4H3,(H,14,16)/t2*9-,10+/m10/s1. The van der Waals surface area contributed by atoms with E-state index in [4.69, 9.17) is 18.9 Å². The minimum absolute atomic E-state index is 0.180. The van der Waals surface area contributed by atoms with Gasteiger partial charge in [0.05, 0.1) is 26.1 Å². The van der Waals surface area contributed by atoms with Gasteiger partial charge in [-0.2, -0.15) is 0 Å². The van der Waals surface area contributed by atoms with Crippen molar-refractivity contribution in [3.8, 4) is 0 Å². The lowest BCUT2D eigenvalue weighted by molar-refractivity contribution is -0.148. The van der Waals surface area contributed by atoms with Gasteiger partial charge < -0.3 is 29.6 Å². The predicted molar refractivity (Wildman–Crippen MR) is 134 cm³/mol. The van der Waals surface area contributed by atoms with E-state index in [0.717, 1.165) is 51.4 Å². The van der Waals surface area contributed by atoms with Crippen molar-refractivity contribution in [1.82, 2.24) is 10.6 Å². The van der Waals surface area contributed by atoms with E-state index in [1.807, 2.05) is 41.5 Å². The molecule has 0 aromatic carbocycles. The zero-order chi connectivity index (χ0) is 27.5. The summed E-state index contributed by atoms with van der Waals surface area (Å²) in [7, 11) is 2.75. The van der Waals surface area contributed by atoms with Crippen LogP contribution in [0.5, 0.6) is 0 Å².